The molecule has 0 saturated heterocycles. The number of benzene rings is 1. The number of nitrogens with zero attached hydrogens (tertiary/aromatic N) is 1. The van der Waals surface area contributed by atoms with Crippen LogP contribution in [0.15, 0.2) is 36.0 Å². The second-order valence-corrected chi connectivity index (χ2v) is 4.59. The highest BCUT2D eigenvalue weighted by Gasteiger charge is 2.17. The Balaban J connectivity index is 1.92. The van der Waals surface area contributed by atoms with Crippen LogP contribution in [0.2, 0.25) is 0 Å². The van der Waals surface area contributed by atoms with Crippen LogP contribution in [0, 0.1) is 0 Å². The predicted octanol–water partition coefficient (Wildman–Crippen LogP) is 1.64. The Hall–Kier alpha value is -1.81. The van der Waals surface area contributed by atoms with Gasteiger partial charge in [0.25, 0.3) is 0 Å². The molecular formula is C14H18N2O2. The van der Waals surface area contributed by atoms with Crippen molar-refractivity contribution in [1.82, 2.24) is 4.90 Å². The van der Waals surface area contributed by atoms with Gasteiger partial charge in [-0.3, -0.25) is 0 Å². The monoisotopic (exact) mass is 246 g/mol. The molecule has 0 spiro atoms. The van der Waals surface area contributed by atoms with Gasteiger partial charge in [0.2, 0.25) is 0 Å². The zero-order chi connectivity index (χ0) is 13.0. The van der Waals surface area contributed by atoms with Gasteiger partial charge in [0.05, 0.1) is 5.57 Å². The van der Waals surface area contributed by atoms with E-state index in [4.69, 9.17) is 4.74 Å². The van der Waals surface area contributed by atoms with Crippen molar-refractivity contribution in [3.8, 4) is 0 Å². The van der Waals surface area contributed by atoms with Gasteiger partial charge in [0.1, 0.15) is 6.61 Å². The van der Waals surface area contributed by atoms with Crippen molar-refractivity contribution in [3.05, 3.63) is 41.6 Å². The number of likely N-dealkylation sites (N-methyl/N-ethyl adjacent to an activating group) is 1. The Kier molecular flexibility index (Phi) is 3.99. The van der Waals surface area contributed by atoms with Crippen molar-refractivity contribution in [3.63, 3.8) is 0 Å². The van der Waals surface area contributed by atoms with Gasteiger partial charge in [-0.05, 0) is 25.7 Å². The lowest BCUT2D eigenvalue weighted by atomic mass is 10.0. The van der Waals surface area contributed by atoms with E-state index in [1.807, 2.05) is 43.3 Å². The molecule has 0 aromatic heterocycles. The highest BCUT2D eigenvalue weighted by molar-refractivity contribution is 5.90. The summed E-state index contributed by atoms with van der Waals surface area (Å²) in [4.78, 5) is 13.8. The number of rotatable bonds is 4. The highest BCUT2D eigenvalue weighted by atomic mass is 16.5. The van der Waals surface area contributed by atoms with Gasteiger partial charge in [0, 0.05) is 24.9 Å². The number of hydrogen-bond acceptors (Lipinski definition) is 4. The maximum atomic E-state index is 11.8. The highest BCUT2D eigenvalue weighted by Crippen LogP contribution is 2.23. The van der Waals surface area contributed by atoms with Crippen molar-refractivity contribution in [1.29, 1.82) is 0 Å². The van der Waals surface area contributed by atoms with Crippen LogP contribution >= 0.6 is 0 Å². The van der Waals surface area contributed by atoms with Gasteiger partial charge < -0.3 is 15.0 Å². The lowest BCUT2D eigenvalue weighted by Gasteiger charge is -2.17. The zero-order valence-electron chi connectivity index (χ0n) is 10.8. The van der Waals surface area contributed by atoms with E-state index < -0.39 is 0 Å². The number of fused-ring (bicyclic) bond motifs is 1. The molecular weight excluding hydrogens is 228 g/mol. The average molecular weight is 246 g/mol. The van der Waals surface area contributed by atoms with Crippen molar-refractivity contribution < 1.29 is 9.53 Å². The maximum absolute atomic E-state index is 11.8. The second kappa shape index (κ2) is 5.69. The Bertz CT molecular complexity index is 467. The molecule has 1 N–H and O–H groups in total. The number of ether oxygens (including phenoxy) is 1. The number of anilines is 1. The van der Waals surface area contributed by atoms with Crippen LogP contribution in [-0.2, 0) is 16.0 Å². The average Bonchev–Trinajstić information content (AvgIpc) is 2.37. The first-order chi connectivity index (χ1) is 8.66. The fourth-order valence-electron chi connectivity index (χ4n) is 1.78. The smallest absolute Gasteiger partial charge is 0.335 e. The van der Waals surface area contributed by atoms with Crippen molar-refractivity contribution in [2.75, 3.05) is 32.6 Å². The first-order valence-electron chi connectivity index (χ1n) is 6.02. The van der Waals surface area contributed by atoms with Gasteiger partial charge in [-0.25, -0.2) is 4.79 Å². The van der Waals surface area contributed by atoms with Crippen molar-refractivity contribution in [2.45, 2.75) is 6.42 Å². The number of para-hydroxylation sites is 1. The second-order valence-electron chi connectivity index (χ2n) is 4.59. The van der Waals surface area contributed by atoms with Crippen LogP contribution in [-0.4, -0.2) is 38.1 Å². The number of hydrogen-bond donors (Lipinski definition) is 1. The van der Waals surface area contributed by atoms with Crippen molar-refractivity contribution in [2.24, 2.45) is 0 Å². The van der Waals surface area contributed by atoms with E-state index in [-0.39, 0.29) is 5.97 Å². The molecule has 1 aliphatic heterocycles. The summed E-state index contributed by atoms with van der Waals surface area (Å²) in [5, 5.41) is 3.12. The molecule has 96 valence electrons. The molecule has 0 saturated carbocycles. The van der Waals surface area contributed by atoms with Crippen molar-refractivity contribution >= 4 is 11.7 Å². The largest absolute Gasteiger partial charge is 0.461 e. The molecule has 18 heavy (non-hydrogen) atoms. The molecule has 4 heteroatoms. The molecule has 0 atom stereocenters. The summed E-state index contributed by atoms with van der Waals surface area (Å²) in [5.41, 5.74) is 2.86. The molecule has 2 rings (SSSR count). The molecule has 1 aliphatic rings. The molecule has 0 amide bonds. The van der Waals surface area contributed by atoms with E-state index in [1.54, 1.807) is 6.20 Å². The third-order valence-corrected chi connectivity index (χ3v) is 2.83. The van der Waals surface area contributed by atoms with Gasteiger partial charge in [-0.1, -0.05) is 18.2 Å². The van der Waals surface area contributed by atoms with Crippen LogP contribution in [0.4, 0.5) is 5.69 Å². The van der Waals surface area contributed by atoms with Gasteiger partial charge in [0.15, 0.2) is 0 Å². The van der Waals surface area contributed by atoms with E-state index in [2.05, 4.69) is 5.32 Å². The Labute approximate surface area is 107 Å². The SMILES string of the molecule is CN(C)CCOC(=O)C1=CNc2ccccc2C1. The molecule has 0 bridgehead atoms. The summed E-state index contributed by atoms with van der Waals surface area (Å²) < 4.78 is 5.22. The first-order valence-corrected chi connectivity index (χ1v) is 6.02. The normalized spacial score (nSPS) is 13.6. The summed E-state index contributed by atoms with van der Waals surface area (Å²) in [5.74, 6) is -0.237. The van der Waals surface area contributed by atoms with E-state index in [1.165, 1.54) is 0 Å². The molecule has 1 aromatic carbocycles. The third kappa shape index (κ3) is 3.11. The summed E-state index contributed by atoms with van der Waals surface area (Å²) >= 11 is 0. The fourth-order valence-corrected chi connectivity index (χ4v) is 1.78. The molecule has 0 fully saturated rings. The maximum Gasteiger partial charge on any atom is 0.335 e. The van der Waals surface area contributed by atoms with E-state index in [9.17, 15) is 4.79 Å². The van der Waals surface area contributed by atoms with Gasteiger partial charge in [-0.15, -0.1) is 0 Å². The summed E-state index contributed by atoms with van der Waals surface area (Å²) in [6.07, 6.45) is 2.37. The number of carbonyl (C=O) groups excluding carboxylic acids is 1. The quantitative estimate of drug-likeness (QED) is 0.820. The lowest BCUT2D eigenvalue weighted by Crippen LogP contribution is -2.22. The fraction of sp³-hybridized carbons (Fsp3) is 0.357. The minimum Gasteiger partial charge on any atom is -0.461 e. The number of nitrogens with one attached hydrogen (secondary N) is 1. The van der Waals surface area contributed by atoms with Gasteiger partial charge >= 0.3 is 5.97 Å². The number of carbonyl (C=O) groups is 1. The van der Waals surface area contributed by atoms with Gasteiger partial charge in [-0.2, -0.15) is 0 Å². The van der Waals surface area contributed by atoms with Crippen LogP contribution < -0.4 is 5.32 Å². The van der Waals surface area contributed by atoms with Crippen LogP contribution in [0.5, 0.6) is 0 Å². The topological polar surface area (TPSA) is 41.6 Å². The van der Waals surface area contributed by atoms with Crippen LogP contribution in [0.1, 0.15) is 5.56 Å². The standard InChI is InChI=1S/C14H18N2O2/c1-16(2)7-8-18-14(17)12-9-11-5-3-4-6-13(11)15-10-12/h3-6,10,15H,7-9H2,1-2H3. The first kappa shape index (κ1) is 12.6. The predicted molar refractivity (Wildman–Crippen MR) is 71.4 cm³/mol. The third-order valence-electron chi connectivity index (χ3n) is 2.83. The van der Waals surface area contributed by atoms with E-state index in [0.29, 0.717) is 18.6 Å². The Morgan fingerprint density at radius 3 is 2.94 bits per heavy atom. The summed E-state index contributed by atoms with van der Waals surface area (Å²) in [6, 6.07) is 7.96. The summed E-state index contributed by atoms with van der Waals surface area (Å²) in [7, 11) is 3.90. The summed E-state index contributed by atoms with van der Waals surface area (Å²) in [6.45, 7) is 1.16. The lowest BCUT2D eigenvalue weighted by molar-refractivity contribution is -0.139. The molecule has 0 unspecified atom stereocenters. The van der Waals surface area contributed by atoms with E-state index >= 15 is 0 Å². The zero-order valence-corrected chi connectivity index (χ0v) is 10.8. The molecule has 0 radical (unpaired) electrons. The number of esters is 1. The minimum atomic E-state index is -0.237. The molecule has 1 heterocycles. The minimum absolute atomic E-state index is 0.237. The van der Waals surface area contributed by atoms with Crippen LogP contribution in [0.3, 0.4) is 0 Å². The Morgan fingerprint density at radius 1 is 1.39 bits per heavy atom. The molecule has 4 nitrogen and oxygen atoms in total. The van der Waals surface area contributed by atoms with E-state index in [0.717, 1.165) is 17.8 Å². The Morgan fingerprint density at radius 2 is 2.17 bits per heavy atom. The molecule has 0 aliphatic carbocycles. The van der Waals surface area contributed by atoms with Crippen LogP contribution in [0.25, 0.3) is 0 Å². The molecule has 1 aromatic rings.